The van der Waals surface area contributed by atoms with Gasteiger partial charge in [-0.2, -0.15) is 0 Å². The van der Waals surface area contributed by atoms with Crippen LogP contribution >= 0.6 is 15.9 Å². The Hall–Kier alpha value is -1.65. The summed E-state index contributed by atoms with van der Waals surface area (Å²) in [6.45, 7) is 0. The molecule has 0 saturated heterocycles. The summed E-state index contributed by atoms with van der Waals surface area (Å²) in [6.07, 6.45) is 1.23. The quantitative estimate of drug-likeness (QED) is 0.665. The summed E-state index contributed by atoms with van der Waals surface area (Å²) < 4.78 is 24.4. The molecule has 0 spiro atoms. The first-order chi connectivity index (χ1) is 9.93. The average Bonchev–Trinajstić information content (AvgIpc) is 2.45. The molecule has 0 amide bonds. The van der Waals surface area contributed by atoms with E-state index in [9.17, 15) is 8.42 Å². The zero-order valence-corrected chi connectivity index (χ0v) is 13.8. The van der Waals surface area contributed by atoms with Crippen molar-refractivity contribution in [2.24, 2.45) is 0 Å². The van der Waals surface area contributed by atoms with E-state index >= 15 is 0 Å². The Morgan fingerprint density at radius 1 is 0.810 bits per heavy atom. The van der Waals surface area contributed by atoms with Crippen molar-refractivity contribution in [1.82, 2.24) is 0 Å². The van der Waals surface area contributed by atoms with Crippen LogP contribution in [0.4, 0.5) is 0 Å². The molecule has 2 nitrogen and oxygen atoms in total. The molecule has 0 saturated carbocycles. The summed E-state index contributed by atoms with van der Waals surface area (Å²) in [4.78, 5) is 0.342. The van der Waals surface area contributed by atoms with Gasteiger partial charge in [0.2, 0.25) is 0 Å². The van der Waals surface area contributed by atoms with Gasteiger partial charge in [0, 0.05) is 10.7 Å². The normalized spacial score (nSPS) is 11.7. The van der Waals surface area contributed by atoms with E-state index in [0.717, 1.165) is 26.4 Å². The van der Waals surface area contributed by atoms with Crippen molar-refractivity contribution < 1.29 is 8.42 Å². The molecule has 0 atom stereocenters. The average molecular weight is 361 g/mol. The minimum absolute atomic E-state index is 0.342. The van der Waals surface area contributed by atoms with Gasteiger partial charge in [0.25, 0.3) is 0 Å². The molecular weight excluding hydrogens is 348 g/mol. The molecule has 0 aromatic heterocycles. The van der Waals surface area contributed by atoms with Crippen molar-refractivity contribution in [3.8, 4) is 11.1 Å². The van der Waals surface area contributed by atoms with Crippen LogP contribution in [0.25, 0.3) is 21.9 Å². The van der Waals surface area contributed by atoms with Crippen LogP contribution in [0.1, 0.15) is 0 Å². The first-order valence-corrected chi connectivity index (χ1v) is 9.12. The summed E-state index contributed by atoms with van der Waals surface area (Å²) >= 11 is 3.47. The standard InChI is InChI=1S/C17H13BrO2S/c1-21(19,20)17-4-2-3-13(11-17)14-6-5-12-7-8-16(18)10-15(12)9-14/h2-11H,1H3. The second kappa shape index (κ2) is 5.28. The van der Waals surface area contributed by atoms with Gasteiger partial charge >= 0.3 is 0 Å². The molecular formula is C17H13BrO2S. The minimum Gasteiger partial charge on any atom is -0.224 e. The second-order valence-electron chi connectivity index (χ2n) is 5.01. The lowest BCUT2D eigenvalue weighted by atomic mass is 10.0. The highest BCUT2D eigenvalue weighted by Crippen LogP contribution is 2.27. The van der Waals surface area contributed by atoms with Crippen molar-refractivity contribution >= 4 is 36.5 Å². The highest BCUT2D eigenvalue weighted by Gasteiger charge is 2.08. The number of fused-ring (bicyclic) bond motifs is 1. The predicted molar refractivity (Wildman–Crippen MR) is 90.2 cm³/mol. The van der Waals surface area contributed by atoms with Gasteiger partial charge in [-0.3, -0.25) is 0 Å². The van der Waals surface area contributed by atoms with E-state index in [0.29, 0.717) is 4.90 Å². The first-order valence-electron chi connectivity index (χ1n) is 6.43. The van der Waals surface area contributed by atoms with Crippen molar-refractivity contribution in [3.05, 3.63) is 65.1 Å². The largest absolute Gasteiger partial charge is 0.224 e. The van der Waals surface area contributed by atoms with Crippen LogP contribution in [0.5, 0.6) is 0 Å². The molecule has 0 bridgehead atoms. The summed E-state index contributed by atoms with van der Waals surface area (Å²) in [7, 11) is -3.19. The number of hydrogen-bond acceptors (Lipinski definition) is 2. The van der Waals surface area contributed by atoms with E-state index in [-0.39, 0.29) is 0 Å². The van der Waals surface area contributed by atoms with Gasteiger partial charge in [-0.1, -0.05) is 46.3 Å². The van der Waals surface area contributed by atoms with E-state index in [1.54, 1.807) is 18.2 Å². The maximum Gasteiger partial charge on any atom is 0.175 e. The molecule has 0 N–H and O–H groups in total. The van der Waals surface area contributed by atoms with Crippen LogP contribution in [0.3, 0.4) is 0 Å². The summed E-state index contributed by atoms with van der Waals surface area (Å²) in [6, 6.07) is 19.3. The Balaban J connectivity index is 2.16. The maximum atomic E-state index is 11.7. The van der Waals surface area contributed by atoms with Crippen molar-refractivity contribution in [2.75, 3.05) is 6.26 Å². The van der Waals surface area contributed by atoms with Crippen LogP contribution in [0.2, 0.25) is 0 Å². The summed E-state index contributed by atoms with van der Waals surface area (Å²) in [5.41, 5.74) is 1.91. The van der Waals surface area contributed by atoms with Crippen LogP contribution in [0, 0.1) is 0 Å². The molecule has 3 rings (SSSR count). The van der Waals surface area contributed by atoms with Gasteiger partial charge in [-0.25, -0.2) is 8.42 Å². The smallest absolute Gasteiger partial charge is 0.175 e. The molecule has 0 fully saturated rings. The maximum absolute atomic E-state index is 11.7. The van der Waals surface area contributed by atoms with E-state index < -0.39 is 9.84 Å². The summed E-state index contributed by atoms with van der Waals surface area (Å²) in [5, 5.41) is 2.27. The van der Waals surface area contributed by atoms with E-state index in [1.807, 2.05) is 24.3 Å². The topological polar surface area (TPSA) is 34.1 Å². The Morgan fingerprint density at radius 3 is 2.29 bits per heavy atom. The number of rotatable bonds is 2. The Kier molecular flexibility index (Phi) is 3.59. The molecule has 0 aliphatic heterocycles. The highest BCUT2D eigenvalue weighted by atomic mass is 79.9. The van der Waals surface area contributed by atoms with Gasteiger partial charge in [0.1, 0.15) is 0 Å². The Morgan fingerprint density at radius 2 is 1.52 bits per heavy atom. The highest BCUT2D eigenvalue weighted by molar-refractivity contribution is 9.10. The fourth-order valence-electron chi connectivity index (χ4n) is 2.30. The van der Waals surface area contributed by atoms with E-state index in [4.69, 9.17) is 0 Å². The number of sulfone groups is 1. The SMILES string of the molecule is CS(=O)(=O)c1cccc(-c2ccc3ccc(Br)cc3c2)c1. The van der Waals surface area contributed by atoms with Crippen LogP contribution in [0.15, 0.2) is 70.0 Å². The molecule has 0 radical (unpaired) electrons. The van der Waals surface area contributed by atoms with Gasteiger partial charge < -0.3 is 0 Å². The number of hydrogen-bond donors (Lipinski definition) is 0. The fraction of sp³-hybridized carbons (Fsp3) is 0.0588. The zero-order chi connectivity index (χ0) is 15.0. The molecule has 3 aromatic rings. The molecule has 0 heterocycles. The molecule has 3 aromatic carbocycles. The van der Waals surface area contributed by atoms with Gasteiger partial charge in [-0.05, 0) is 52.2 Å². The molecule has 0 aliphatic rings. The Labute approximate surface area is 132 Å². The van der Waals surface area contributed by atoms with E-state index in [1.165, 1.54) is 6.26 Å². The summed E-state index contributed by atoms with van der Waals surface area (Å²) in [5.74, 6) is 0. The second-order valence-corrected chi connectivity index (χ2v) is 7.94. The molecule has 0 unspecified atom stereocenters. The van der Waals surface area contributed by atoms with Crippen LogP contribution in [-0.2, 0) is 9.84 Å². The first kappa shape index (κ1) is 14.3. The minimum atomic E-state index is -3.19. The molecule has 4 heteroatoms. The lowest BCUT2D eigenvalue weighted by molar-refractivity contribution is 0.602. The molecule has 21 heavy (non-hydrogen) atoms. The monoisotopic (exact) mass is 360 g/mol. The lowest BCUT2D eigenvalue weighted by Crippen LogP contribution is -1.96. The molecule has 0 aliphatic carbocycles. The van der Waals surface area contributed by atoms with Crippen LogP contribution < -0.4 is 0 Å². The Bertz CT molecular complexity index is 930. The van der Waals surface area contributed by atoms with Crippen molar-refractivity contribution in [3.63, 3.8) is 0 Å². The lowest BCUT2D eigenvalue weighted by Gasteiger charge is -2.06. The van der Waals surface area contributed by atoms with E-state index in [2.05, 4.69) is 34.1 Å². The predicted octanol–water partition coefficient (Wildman–Crippen LogP) is 4.67. The van der Waals surface area contributed by atoms with Crippen LogP contribution in [-0.4, -0.2) is 14.7 Å². The van der Waals surface area contributed by atoms with Gasteiger partial charge in [-0.15, -0.1) is 0 Å². The molecule has 106 valence electrons. The fourth-order valence-corrected chi connectivity index (χ4v) is 3.35. The number of benzene rings is 3. The number of halogens is 1. The van der Waals surface area contributed by atoms with Gasteiger partial charge in [0.05, 0.1) is 4.90 Å². The third-order valence-corrected chi connectivity index (χ3v) is 5.00. The van der Waals surface area contributed by atoms with Gasteiger partial charge in [0.15, 0.2) is 9.84 Å². The zero-order valence-electron chi connectivity index (χ0n) is 11.4. The van der Waals surface area contributed by atoms with Crippen molar-refractivity contribution in [1.29, 1.82) is 0 Å². The third-order valence-electron chi connectivity index (χ3n) is 3.40. The van der Waals surface area contributed by atoms with Crippen molar-refractivity contribution in [2.45, 2.75) is 4.90 Å². The third kappa shape index (κ3) is 3.01.